The SMILES string of the molecule is CC1C=C(C(C)(C)C)C=C1C(C)(C)C1c2cc(C(C)(C)C)ccc2-c2ccc(C(C)(C)C)cc21. The third kappa shape index (κ3) is 4.12. The number of allylic oxidation sites excluding steroid dienone is 4. The first-order chi connectivity index (χ1) is 15.4. The average molecular weight is 455 g/mol. The molecule has 2 aromatic rings. The Kier molecular flexibility index (Phi) is 5.67. The molecule has 2 aliphatic carbocycles. The molecule has 0 aliphatic heterocycles. The lowest BCUT2D eigenvalue weighted by Crippen LogP contribution is -2.27. The first-order valence-electron chi connectivity index (χ1n) is 13.2. The van der Waals surface area contributed by atoms with Crippen molar-refractivity contribution in [3.63, 3.8) is 0 Å². The van der Waals surface area contributed by atoms with Crippen molar-refractivity contribution < 1.29 is 0 Å². The molecule has 0 saturated carbocycles. The summed E-state index contributed by atoms with van der Waals surface area (Å²) in [6.45, 7) is 28.4. The zero-order valence-corrected chi connectivity index (χ0v) is 23.8. The van der Waals surface area contributed by atoms with Crippen molar-refractivity contribution in [2.75, 3.05) is 0 Å². The highest BCUT2D eigenvalue weighted by Crippen LogP contribution is 2.58. The normalized spacial score (nSPS) is 19.1. The zero-order valence-electron chi connectivity index (χ0n) is 23.8. The average Bonchev–Trinajstić information content (AvgIpc) is 3.24. The smallest absolute Gasteiger partial charge is 0.0190 e. The van der Waals surface area contributed by atoms with Crippen LogP contribution < -0.4 is 0 Å². The highest BCUT2D eigenvalue weighted by molar-refractivity contribution is 5.80. The Balaban J connectivity index is 1.95. The summed E-state index contributed by atoms with van der Waals surface area (Å²) in [7, 11) is 0. The molecule has 1 atom stereocenters. The minimum absolute atomic E-state index is 0.00985. The standard InChI is InChI=1S/C34H46/c1-21-17-24(33(8,9)10)20-29(21)34(11,12)30-27-18-22(31(2,3)4)13-15-25(27)26-16-14-23(19-28(26)30)32(5,6)7/h13-21,30H,1-12H3. The van der Waals surface area contributed by atoms with Gasteiger partial charge in [0.05, 0.1) is 0 Å². The summed E-state index contributed by atoms with van der Waals surface area (Å²) in [5, 5.41) is 0. The van der Waals surface area contributed by atoms with Gasteiger partial charge in [-0.25, -0.2) is 0 Å². The van der Waals surface area contributed by atoms with E-state index in [-0.39, 0.29) is 21.7 Å². The Morgan fingerprint density at radius 3 is 1.38 bits per heavy atom. The minimum atomic E-state index is 0.00985. The first-order valence-corrected chi connectivity index (χ1v) is 13.2. The molecule has 2 aliphatic rings. The van der Waals surface area contributed by atoms with E-state index in [1.54, 1.807) is 5.57 Å². The van der Waals surface area contributed by atoms with Crippen LogP contribution in [0.2, 0.25) is 0 Å². The van der Waals surface area contributed by atoms with Crippen molar-refractivity contribution in [1.82, 2.24) is 0 Å². The monoisotopic (exact) mass is 454 g/mol. The summed E-state index contributed by atoms with van der Waals surface area (Å²) in [4.78, 5) is 0. The van der Waals surface area contributed by atoms with E-state index >= 15 is 0 Å². The molecule has 1 unspecified atom stereocenters. The van der Waals surface area contributed by atoms with Gasteiger partial charge in [-0.3, -0.25) is 0 Å². The van der Waals surface area contributed by atoms with Gasteiger partial charge in [-0.15, -0.1) is 0 Å². The highest BCUT2D eigenvalue weighted by Gasteiger charge is 2.44. The van der Waals surface area contributed by atoms with Gasteiger partial charge in [0.25, 0.3) is 0 Å². The molecule has 0 nitrogen and oxygen atoms in total. The maximum Gasteiger partial charge on any atom is 0.0190 e. The first kappa shape index (κ1) is 25.0. The summed E-state index contributed by atoms with van der Waals surface area (Å²) in [5.41, 5.74) is 12.2. The van der Waals surface area contributed by atoms with Crippen molar-refractivity contribution in [2.45, 2.75) is 99.8 Å². The quantitative estimate of drug-likeness (QED) is 0.423. The van der Waals surface area contributed by atoms with Gasteiger partial charge in [0.15, 0.2) is 0 Å². The third-order valence-electron chi connectivity index (χ3n) is 8.31. The number of hydrogen-bond donors (Lipinski definition) is 0. The molecular formula is C34H46. The molecule has 0 heteroatoms. The molecule has 0 aromatic heterocycles. The maximum atomic E-state index is 2.53. The van der Waals surface area contributed by atoms with Crippen LogP contribution >= 0.6 is 0 Å². The van der Waals surface area contributed by atoms with Gasteiger partial charge < -0.3 is 0 Å². The molecule has 0 fully saturated rings. The molecule has 0 N–H and O–H groups in total. The predicted octanol–water partition coefficient (Wildman–Crippen LogP) is 9.97. The van der Waals surface area contributed by atoms with Gasteiger partial charge in [-0.2, -0.15) is 0 Å². The van der Waals surface area contributed by atoms with Crippen LogP contribution in [0.3, 0.4) is 0 Å². The van der Waals surface area contributed by atoms with Crippen LogP contribution in [0.25, 0.3) is 11.1 Å². The molecule has 0 spiro atoms. The lowest BCUT2D eigenvalue weighted by atomic mass is 9.65. The molecule has 0 amide bonds. The number of rotatable bonds is 2. The Hall–Kier alpha value is -2.08. The van der Waals surface area contributed by atoms with Crippen molar-refractivity contribution in [2.24, 2.45) is 16.7 Å². The van der Waals surface area contributed by atoms with Gasteiger partial charge in [-0.05, 0) is 66.5 Å². The second-order valence-electron chi connectivity index (χ2n) is 14.5. The summed E-state index contributed by atoms with van der Waals surface area (Å²) in [5.74, 6) is 0.817. The fourth-order valence-corrected chi connectivity index (χ4v) is 6.08. The van der Waals surface area contributed by atoms with E-state index in [1.807, 2.05) is 0 Å². The van der Waals surface area contributed by atoms with Crippen molar-refractivity contribution >= 4 is 0 Å². The maximum absolute atomic E-state index is 2.53. The number of hydrogen-bond acceptors (Lipinski definition) is 0. The lowest BCUT2D eigenvalue weighted by Gasteiger charge is -2.38. The Morgan fingerprint density at radius 1 is 0.588 bits per heavy atom. The molecule has 2 aromatic carbocycles. The van der Waals surface area contributed by atoms with Crippen LogP contribution in [0.5, 0.6) is 0 Å². The van der Waals surface area contributed by atoms with E-state index in [0.29, 0.717) is 11.8 Å². The fraction of sp³-hybridized carbons (Fsp3) is 0.529. The van der Waals surface area contributed by atoms with Crippen molar-refractivity contribution in [1.29, 1.82) is 0 Å². The third-order valence-corrected chi connectivity index (χ3v) is 8.31. The van der Waals surface area contributed by atoms with Gasteiger partial charge in [0.2, 0.25) is 0 Å². The Morgan fingerprint density at radius 2 is 1.03 bits per heavy atom. The van der Waals surface area contributed by atoms with Gasteiger partial charge >= 0.3 is 0 Å². The van der Waals surface area contributed by atoms with Crippen LogP contribution in [0.1, 0.15) is 111 Å². The molecule has 182 valence electrons. The second kappa shape index (κ2) is 7.71. The van der Waals surface area contributed by atoms with Gasteiger partial charge in [-0.1, -0.05) is 137 Å². The highest BCUT2D eigenvalue weighted by atomic mass is 14.5. The number of fused-ring (bicyclic) bond motifs is 3. The second-order valence-corrected chi connectivity index (χ2v) is 14.5. The van der Waals surface area contributed by atoms with E-state index in [9.17, 15) is 0 Å². The Bertz CT molecular complexity index is 1110. The topological polar surface area (TPSA) is 0 Å². The van der Waals surface area contributed by atoms with E-state index < -0.39 is 0 Å². The van der Waals surface area contributed by atoms with Crippen LogP contribution in [0.4, 0.5) is 0 Å². The summed E-state index contributed by atoms with van der Waals surface area (Å²) in [6.07, 6.45) is 5.04. The molecule has 0 bridgehead atoms. The molecule has 0 radical (unpaired) electrons. The van der Waals surface area contributed by atoms with E-state index in [0.717, 1.165) is 0 Å². The van der Waals surface area contributed by atoms with E-state index in [2.05, 4.69) is 132 Å². The fourth-order valence-electron chi connectivity index (χ4n) is 6.08. The predicted molar refractivity (Wildman–Crippen MR) is 150 cm³/mol. The van der Waals surface area contributed by atoms with E-state index in [4.69, 9.17) is 0 Å². The molecule has 0 heterocycles. The van der Waals surface area contributed by atoms with Gasteiger partial charge in [0.1, 0.15) is 0 Å². The zero-order chi connectivity index (χ0) is 25.4. The number of benzene rings is 2. The van der Waals surface area contributed by atoms with Crippen LogP contribution in [-0.2, 0) is 10.8 Å². The molecule has 0 saturated heterocycles. The lowest BCUT2D eigenvalue weighted by molar-refractivity contribution is 0.369. The molecule has 4 rings (SSSR count). The van der Waals surface area contributed by atoms with Crippen LogP contribution in [0.15, 0.2) is 59.7 Å². The van der Waals surface area contributed by atoms with Gasteiger partial charge in [0, 0.05) is 5.92 Å². The minimum Gasteiger partial charge on any atom is -0.0738 e. The summed E-state index contributed by atoms with van der Waals surface area (Å²) < 4.78 is 0. The van der Waals surface area contributed by atoms with Crippen LogP contribution in [0, 0.1) is 16.7 Å². The summed E-state index contributed by atoms with van der Waals surface area (Å²) in [6, 6.07) is 14.5. The van der Waals surface area contributed by atoms with E-state index in [1.165, 1.54) is 39.0 Å². The summed E-state index contributed by atoms with van der Waals surface area (Å²) >= 11 is 0. The molecular weight excluding hydrogens is 408 g/mol. The van der Waals surface area contributed by atoms with Crippen molar-refractivity contribution in [3.05, 3.63) is 82.0 Å². The largest absolute Gasteiger partial charge is 0.0738 e. The van der Waals surface area contributed by atoms with Crippen LogP contribution in [-0.4, -0.2) is 0 Å². The Labute approximate surface area is 209 Å². The van der Waals surface area contributed by atoms with Crippen molar-refractivity contribution in [3.8, 4) is 11.1 Å². The molecule has 34 heavy (non-hydrogen) atoms.